The van der Waals surface area contributed by atoms with Crippen molar-refractivity contribution >= 4 is 0 Å². The minimum atomic E-state index is 0.732. The standard InChI is InChI=1S/C23H34O/c1-3-5-7-9-20-10-14-22(15-11-20)23-16-12-21(13-17-23)19-24-18-8-6-4-2/h3-6,12-13,16-17,20,22H,7-11,14-15,18-19H2,1-2H3. The molecule has 132 valence electrons. The molecular formula is C23H34O. The molecule has 0 heterocycles. The summed E-state index contributed by atoms with van der Waals surface area (Å²) in [6.45, 7) is 5.71. The molecule has 0 spiro atoms. The van der Waals surface area contributed by atoms with Crippen LogP contribution in [0.1, 0.15) is 75.8 Å². The highest BCUT2D eigenvalue weighted by Crippen LogP contribution is 2.37. The first-order valence-electron chi connectivity index (χ1n) is 9.72. The maximum absolute atomic E-state index is 5.71. The fourth-order valence-electron chi connectivity index (χ4n) is 3.68. The first-order valence-corrected chi connectivity index (χ1v) is 9.72. The first kappa shape index (κ1) is 19.0. The largest absolute Gasteiger partial charge is 0.376 e. The average molecular weight is 327 g/mol. The molecule has 0 bridgehead atoms. The van der Waals surface area contributed by atoms with Gasteiger partial charge in [-0.05, 0) is 81.8 Å². The normalized spacial score (nSPS) is 21.8. The summed E-state index contributed by atoms with van der Waals surface area (Å²) >= 11 is 0. The second-order valence-corrected chi connectivity index (χ2v) is 7.02. The van der Waals surface area contributed by atoms with Crippen LogP contribution in [-0.2, 0) is 11.3 Å². The Morgan fingerprint density at radius 2 is 1.58 bits per heavy atom. The van der Waals surface area contributed by atoms with Crippen LogP contribution in [0.15, 0.2) is 48.6 Å². The predicted molar refractivity (Wildman–Crippen MR) is 104 cm³/mol. The van der Waals surface area contributed by atoms with Gasteiger partial charge in [0, 0.05) is 0 Å². The summed E-state index contributed by atoms with van der Waals surface area (Å²) in [5.74, 6) is 1.72. The van der Waals surface area contributed by atoms with Crippen LogP contribution in [0.2, 0.25) is 0 Å². The highest BCUT2D eigenvalue weighted by Gasteiger charge is 2.21. The third-order valence-electron chi connectivity index (χ3n) is 5.21. The van der Waals surface area contributed by atoms with Crippen molar-refractivity contribution in [3.63, 3.8) is 0 Å². The van der Waals surface area contributed by atoms with Crippen molar-refractivity contribution in [2.45, 2.75) is 71.3 Å². The summed E-state index contributed by atoms with van der Waals surface area (Å²) in [7, 11) is 0. The second-order valence-electron chi connectivity index (χ2n) is 7.02. The molecule has 1 saturated carbocycles. The molecule has 1 aromatic carbocycles. The van der Waals surface area contributed by atoms with Crippen LogP contribution in [0, 0.1) is 5.92 Å². The van der Waals surface area contributed by atoms with Gasteiger partial charge < -0.3 is 4.74 Å². The zero-order valence-corrected chi connectivity index (χ0v) is 15.5. The topological polar surface area (TPSA) is 9.23 Å². The smallest absolute Gasteiger partial charge is 0.0717 e. The van der Waals surface area contributed by atoms with Crippen molar-refractivity contribution in [2.75, 3.05) is 6.61 Å². The zero-order valence-electron chi connectivity index (χ0n) is 15.5. The van der Waals surface area contributed by atoms with Gasteiger partial charge in [0.1, 0.15) is 0 Å². The minimum Gasteiger partial charge on any atom is -0.376 e. The van der Waals surface area contributed by atoms with Crippen molar-refractivity contribution in [3.05, 3.63) is 59.7 Å². The number of rotatable bonds is 9. The van der Waals surface area contributed by atoms with Crippen LogP contribution in [-0.4, -0.2) is 6.61 Å². The van der Waals surface area contributed by atoms with Crippen LogP contribution in [0.3, 0.4) is 0 Å². The maximum atomic E-state index is 5.71. The van der Waals surface area contributed by atoms with E-state index in [0.29, 0.717) is 0 Å². The third-order valence-corrected chi connectivity index (χ3v) is 5.21. The van der Waals surface area contributed by atoms with Gasteiger partial charge in [0.2, 0.25) is 0 Å². The van der Waals surface area contributed by atoms with Crippen molar-refractivity contribution in [1.29, 1.82) is 0 Å². The Bertz CT molecular complexity index is 489. The lowest BCUT2D eigenvalue weighted by atomic mass is 9.77. The first-order chi connectivity index (χ1) is 11.8. The Labute approximate surface area is 148 Å². The molecule has 1 aromatic rings. The molecule has 24 heavy (non-hydrogen) atoms. The zero-order chi connectivity index (χ0) is 17.0. The molecule has 1 aliphatic carbocycles. The van der Waals surface area contributed by atoms with Gasteiger partial charge in [0.25, 0.3) is 0 Å². The fourth-order valence-corrected chi connectivity index (χ4v) is 3.68. The van der Waals surface area contributed by atoms with Gasteiger partial charge in [0.15, 0.2) is 0 Å². The monoisotopic (exact) mass is 326 g/mol. The van der Waals surface area contributed by atoms with Gasteiger partial charge in [-0.1, -0.05) is 48.6 Å². The van der Waals surface area contributed by atoms with Gasteiger partial charge in [-0.2, -0.15) is 0 Å². The van der Waals surface area contributed by atoms with Crippen LogP contribution >= 0.6 is 0 Å². The summed E-state index contributed by atoms with van der Waals surface area (Å²) in [5, 5.41) is 0. The summed E-state index contributed by atoms with van der Waals surface area (Å²) in [6.07, 6.45) is 17.9. The van der Waals surface area contributed by atoms with E-state index in [0.717, 1.165) is 31.5 Å². The number of allylic oxidation sites excluding steroid dienone is 3. The quantitative estimate of drug-likeness (QED) is 0.358. The summed E-state index contributed by atoms with van der Waals surface area (Å²) in [6, 6.07) is 9.16. The van der Waals surface area contributed by atoms with E-state index in [1.807, 2.05) is 0 Å². The number of benzene rings is 1. The summed E-state index contributed by atoms with van der Waals surface area (Å²) < 4.78 is 5.71. The molecule has 2 rings (SSSR count). The molecule has 0 unspecified atom stereocenters. The predicted octanol–water partition coefficient (Wildman–Crippen LogP) is 6.80. The Morgan fingerprint density at radius 3 is 2.25 bits per heavy atom. The highest BCUT2D eigenvalue weighted by atomic mass is 16.5. The van der Waals surface area contributed by atoms with Crippen molar-refractivity contribution in [3.8, 4) is 0 Å². The fraction of sp³-hybridized carbons (Fsp3) is 0.565. The second kappa shape index (κ2) is 11.3. The third kappa shape index (κ3) is 6.65. The molecule has 0 N–H and O–H groups in total. The summed E-state index contributed by atoms with van der Waals surface area (Å²) in [4.78, 5) is 0. The number of hydrogen-bond acceptors (Lipinski definition) is 1. The Morgan fingerprint density at radius 1 is 0.917 bits per heavy atom. The van der Waals surface area contributed by atoms with E-state index in [4.69, 9.17) is 4.74 Å². The van der Waals surface area contributed by atoms with Gasteiger partial charge in [-0.3, -0.25) is 0 Å². The van der Waals surface area contributed by atoms with E-state index in [-0.39, 0.29) is 0 Å². The van der Waals surface area contributed by atoms with Crippen molar-refractivity contribution < 1.29 is 4.74 Å². The minimum absolute atomic E-state index is 0.732. The van der Waals surface area contributed by atoms with Gasteiger partial charge in [-0.15, -0.1) is 0 Å². The van der Waals surface area contributed by atoms with Gasteiger partial charge in [-0.25, -0.2) is 0 Å². The molecule has 0 aliphatic heterocycles. The molecule has 1 heteroatoms. The average Bonchev–Trinajstić information content (AvgIpc) is 2.63. The lowest BCUT2D eigenvalue weighted by molar-refractivity contribution is 0.125. The molecule has 0 atom stereocenters. The Balaban J connectivity index is 1.71. The highest BCUT2D eigenvalue weighted by molar-refractivity contribution is 5.25. The number of ether oxygens (including phenoxy) is 1. The summed E-state index contributed by atoms with van der Waals surface area (Å²) in [5.41, 5.74) is 2.82. The molecule has 0 aromatic heterocycles. The van der Waals surface area contributed by atoms with E-state index in [1.165, 1.54) is 49.7 Å². The Hall–Kier alpha value is -1.34. The van der Waals surface area contributed by atoms with Crippen LogP contribution in [0.25, 0.3) is 0 Å². The van der Waals surface area contributed by atoms with Crippen LogP contribution in [0.4, 0.5) is 0 Å². The molecule has 0 amide bonds. The molecule has 1 fully saturated rings. The van der Waals surface area contributed by atoms with E-state index >= 15 is 0 Å². The van der Waals surface area contributed by atoms with Crippen molar-refractivity contribution in [2.24, 2.45) is 5.92 Å². The van der Waals surface area contributed by atoms with Gasteiger partial charge in [0.05, 0.1) is 13.2 Å². The van der Waals surface area contributed by atoms with E-state index in [9.17, 15) is 0 Å². The van der Waals surface area contributed by atoms with E-state index < -0.39 is 0 Å². The molecular weight excluding hydrogens is 292 g/mol. The Kier molecular flexibility index (Phi) is 8.91. The molecule has 1 nitrogen and oxygen atoms in total. The SMILES string of the molecule is CC=CCCOCc1ccc(C2CCC(CCC=CC)CC2)cc1. The van der Waals surface area contributed by atoms with Crippen LogP contribution < -0.4 is 0 Å². The molecule has 0 radical (unpaired) electrons. The molecule has 1 aliphatic rings. The van der Waals surface area contributed by atoms with Gasteiger partial charge >= 0.3 is 0 Å². The van der Waals surface area contributed by atoms with Crippen LogP contribution in [0.5, 0.6) is 0 Å². The van der Waals surface area contributed by atoms with E-state index in [2.05, 4.69) is 62.4 Å². The van der Waals surface area contributed by atoms with E-state index in [1.54, 1.807) is 0 Å². The lowest BCUT2D eigenvalue weighted by Crippen LogP contribution is -2.13. The lowest BCUT2D eigenvalue weighted by Gasteiger charge is -2.28. The number of hydrogen-bond donors (Lipinski definition) is 0. The molecule has 0 saturated heterocycles. The van der Waals surface area contributed by atoms with Crippen molar-refractivity contribution in [1.82, 2.24) is 0 Å². The maximum Gasteiger partial charge on any atom is 0.0717 e.